The minimum Gasteiger partial charge on any atom is -0.356 e. The highest BCUT2D eigenvalue weighted by molar-refractivity contribution is 5.79. The summed E-state index contributed by atoms with van der Waals surface area (Å²) >= 11 is 0. The zero-order chi connectivity index (χ0) is 9.97. The first-order valence-corrected chi connectivity index (χ1v) is 4.55. The Morgan fingerprint density at radius 2 is 2.29 bits per heavy atom. The van der Waals surface area contributed by atoms with Crippen LogP contribution in [0.4, 0.5) is 4.39 Å². The molecule has 0 unspecified atom stereocenters. The topological polar surface area (TPSA) is 52.0 Å². The van der Waals surface area contributed by atoms with Crippen LogP contribution < -0.4 is 5.73 Å². The van der Waals surface area contributed by atoms with Gasteiger partial charge >= 0.3 is 0 Å². The molecule has 0 atom stereocenters. The Morgan fingerprint density at radius 1 is 1.43 bits per heavy atom. The van der Waals surface area contributed by atoms with Crippen LogP contribution in [0.3, 0.4) is 0 Å². The van der Waals surface area contributed by atoms with Crippen molar-refractivity contribution in [2.45, 2.75) is 12.8 Å². The maximum atomic E-state index is 12.8. The van der Waals surface area contributed by atoms with Gasteiger partial charge in [0.05, 0.1) is 5.69 Å². The number of aromatic nitrogens is 1. The average Bonchev–Trinajstić information content (AvgIpc) is 2.57. The zero-order valence-corrected chi connectivity index (χ0v) is 7.66. The van der Waals surface area contributed by atoms with Gasteiger partial charge in [0.2, 0.25) is 0 Å². The van der Waals surface area contributed by atoms with E-state index < -0.39 is 0 Å². The number of halogens is 1. The molecule has 0 amide bonds. The number of nitrogens with zero attached hydrogens (tertiary/aromatic N) is 1. The van der Waals surface area contributed by atoms with Crippen LogP contribution >= 0.6 is 0 Å². The summed E-state index contributed by atoms with van der Waals surface area (Å²) in [6.07, 6.45) is 1.63. The Labute approximate surface area is 80.7 Å². The van der Waals surface area contributed by atoms with Gasteiger partial charge in [0.15, 0.2) is 5.58 Å². The number of nitrogens with two attached hydrogens (primary N) is 1. The molecule has 0 aliphatic carbocycles. The molecule has 0 radical (unpaired) electrons. The highest BCUT2D eigenvalue weighted by Gasteiger charge is 2.07. The van der Waals surface area contributed by atoms with Gasteiger partial charge in [-0.15, -0.1) is 0 Å². The van der Waals surface area contributed by atoms with Gasteiger partial charge in [-0.2, -0.15) is 0 Å². The molecule has 0 aliphatic rings. The van der Waals surface area contributed by atoms with Crippen LogP contribution in [0.1, 0.15) is 12.1 Å². The molecule has 1 heterocycles. The van der Waals surface area contributed by atoms with Crippen LogP contribution in [0.25, 0.3) is 11.0 Å². The van der Waals surface area contributed by atoms with E-state index in [0.29, 0.717) is 12.1 Å². The van der Waals surface area contributed by atoms with Crippen LogP contribution in [-0.2, 0) is 6.42 Å². The Hall–Kier alpha value is -1.42. The Kier molecular flexibility index (Phi) is 2.45. The van der Waals surface area contributed by atoms with Crippen molar-refractivity contribution in [1.82, 2.24) is 5.16 Å². The minimum absolute atomic E-state index is 0.306. The maximum absolute atomic E-state index is 12.8. The van der Waals surface area contributed by atoms with E-state index in [2.05, 4.69) is 5.16 Å². The SMILES string of the molecule is NCCCc1noc2cc(F)ccc12. The fourth-order valence-corrected chi connectivity index (χ4v) is 1.41. The predicted octanol–water partition coefficient (Wildman–Crippen LogP) is 1.86. The van der Waals surface area contributed by atoms with E-state index in [0.717, 1.165) is 23.9 Å². The van der Waals surface area contributed by atoms with Crippen LogP contribution in [0, 0.1) is 5.82 Å². The van der Waals surface area contributed by atoms with Gasteiger partial charge in [-0.1, -0.05) is 5.16 Å². The Balaban J connectivity index is 2.37. The Bertz CT molecular complexity index is 439. The summed E-state index contributed by atoms with van der Waals surface area (Å²) in [5.41, 5.74) is 6.74. The van der Waals surface area contributed by atoms with E-state index in [-0.39, 0.29) is 5.82 Å². The lowest BCUT2D eigenvalue weighted by Gasteiger charge is -1.93. The van der Waals surface area contributed by atoms with E-state index >= 15 is 0 Å². The second kappa shape index (κ2) is 3.75. The molecule has 3 nitrogen and oxygen atoms in total. The number of hydrogen-bond donors (Lipinski definition) is 1. The standard InChI is InChI=1S/C10H11FN2O/c11-7-3-4-8-9(2-1-5-12)13-14-10(8)6-7/h3-4,6H,1-2,5,12H2. The van der Waals surface area contributed by atoms with E-state index in [4.69, 9.17) is 10.3 Å². The van der Waals surface area contributed by atoms with Crippen molar-refractivity contribution in [3.05, 3.63) is 29.7 Å². The first kappa shape index (κ1) is 9.15. The predicted molar refractivity (Wildman–Crippen MR) is 51.3 cm³/mol. The number of rotatable bonds is 3. The van der Waals surface area contributed by atoms with E-state index in [1.54, 1.807) is 6.07 Å². The van der Waals surface area contributed by atoms with Crippen molar-refractivity contribution in [1.29, 1.82) is 0 Å². The van der Waals surface area contributed by atoms with Gasteiger partial charge < -0.3 is 10.3 Å². The monoisotopic (exact) mass is 194 g/mol. The number of aryl methyl sites for hydroxylation is 1. The molecule has 1 aromatic carbocycles. The van der Waals surface area contributed by atoms with Crippen molar-refractivity contribution in [2.75, 3.05) is 6.54 Å². The molecular formula is C10H11FN2O. The summed E-state index contributed by atoms with van der Waals surface area (Å²) in [7, 11) is 0. The fourth-order valence-electron chi connectivity index (χ4n) is 1.41. The summed E-state index contributed by atoms with van der Waals surface area (Å²) in [4.78, 5) is 0. The van der Waals surface area contributed by atoms with E-state index in [9.17, 15) is 4.39 Å². The first-order chi connectivity index (χ1) is 6.81. The van der Waals surface area contributed by atoms with Crippen LogP contribution in [0.2, 0.25) is 0 Å². The quantitative estimate of drug-likeness (QED) is 0.811. The molecule has 2 rings (SSSR count). The molecule has 2 N–H and O–H groups in total. The molecule has 0 spiro atoms. The van der Waals surface area contributed by atoms with Gasteiger partial charge in [-0.25, -0.2) is 4.39 Å². The lowest BCUT2D eigenvalue weighted by Crippen LogP contribution is -2.00. The van der Waals surface area contributed by atoms with Gasteiger partial charge in [0, 0.05) is 11.5 Å². The third-order valence-electron chi connectivity index (χ3n) is 2.13. The average molecular weight is 194 g/mol. The largest absolute Gasteiger partial charge is 0.356 e. The van der Waals surface area contributed by atoms with Crippen molar-refractivity contribution in [3.63, 3.8) is 0 Å². The molecule has 14 heavy (non-hydrogen) atoms. The van der Waals surface area contributed by atoms with Gasteiger partial charge in [-0.05, 0) is 31.5 Å². The van der Waals surface area contributed by atoms with Crippen LogP contribution in [0.15, 0.2) is 22.7 Å². The summed E-state index contributed by atoms with van der Waals surface area (Å²) in [6.45, 7) is 0.621. The smallest absolute Gasteiger partial charge is 0.170 e. The van der Waals surface area contributed by atoms with Crippen molar-refractivity contribution in [3.8, 4) is 0 Å². The molecule has 0 aliphatic heterocycles. The number of hydrogen-bond acceptors (Lipinski definition) is 3. The zero-order valence-electron chi connectivity index (χ0n) is 7.66. The minimum atomic E-state index is -0.306. The first-order valence-electron chi connectivity index (χ1n) is 4.55. The number of fused-ring (bicyclic) bond motifs is 1. The fraction of sp³-hybridized carbons (Fsp3) is 0.300. The second-order valence-electron chi connectivity index (χ2n) is 3.16. The van der Waals surface area contributed by atoms with E-state index in [1.165, 1.54) is 12.1 Å². The molecular weight excluding hydrogens is 183 g/mol. The Morgan fingerprint density at radius 3 is 3.07 bits per heavy atom. The van der Waals surface area contributed by atoms with Crippen molar-refractivity contribution >= 4 is 11.0 Å². The third-order valence-corrected chi connectivity index (χ3v) is 2.13. The second-order valence-corrected chi connectivity index (χ2v) is 3.16. The van der Waals surface area contributed by atoms with Gasteiger partial charge in [0.1, 0.15) is 5.82 Å². The molecule has 2 aromatic rings. The molecule has 0 saturated carbocycles. The molecule has 74 valence electrons. The summed E-state index contributed by atoms with van der Waals surface area (Å²) in [5.74, 6) is -0.306. The summed E-state index contributed by atoms with van der Waals surface area (Å²) in [5, 5.41) is 4.75. The third kappa shape index (κ3) is 1.61. The summed E-state index contributed by atoms with van der Waals surface area (Å²) < 4.78 is 17.8. The number of benzene rings is 1. The molecule has 0 saturated heterocycles. The maximum Gasteiger partial charge on any atom is 0.170 e. The highest BCUT2D eigenvalue weighted by atomic mass is 19.1. The van der Waals surface area contributed by atoms with E-state index in [1.807, 2.05) is 0 Å². The van der Waals surface area contributed by atoms with Crippen molar-refractivity contribution < 1.29 is 8.91 Å². The molecule has 0 bridgehead atoms. The van der Waals surface area contributed by atoms with Crippen LogP contribution in [0.5, 0.6) is 0 Å². The molecule has 1 aromatic heterocycles. The molecule has 4 heteroatoms. The van der Waals surface area contributed by atoms with Gasteiger partial charge in [-0.3, -0.25) is 0 Å². The summed E-state index contributed by atoms with van der Waals surface area (Å²) in [6, 6.07) is 4.44. The lowest BCUT2D eigenvalue weighted by atomic mass is 10.1. The van der Waals surface area contributed by atoms with Gasteiger partial charge in [0.25, 0.3) is 0 Å². The molecule has 0 fully saturated rings. The lowest BCUT2D eigenvalue weighted by molar-refractivity contribution is 0.443. The normalized spacial score (nSPS) is 11.0. The van der Waals surface area contributed by atoms with Crippen LogP contribution in [-0.4, -0.2) is 11.7 Å². The highest BCUT2D eigenvalue weighted by Crippen LogP contribution is 2.20. The van der Waals surface area contributed by atoms with Crippen molar-refractivity contribution in [2.24, 2.45) is 5.73 Å².